The number of fused-ring (bicyclic) bond motifs is 1. The first-order valence-corrected chi connectivity index (χ1v) is 9.34. The summed E-state index contributed by atoms with van der Waals surface area (Å²) in [5.41, 5.74) is 1.12. The molecule has 2 aliphatic rings. The molecule has 0 aromatic carbocycles. The molecule has 2 atom stereocenters. The largest absolute Gasteiger partial charge is 0.480 e. The smallest absolute Gasteiger partial charge is 0.411 e. The van der Waals surface area contributed by atoms with Crippen molar-refractivity contribution in [3.8, 4) is 0 Å². The summed E-state index contributed by atoms with van der Waals surface area (Å²) < 4.78 is 44.4. The molecule has 1 aliphatic carbocycles. The van der Waals surface area contributed by atoms with Gasteiger partial charge in [-0.25, -0.2) is 14.8 Å². The third kappa shape index (κ3) is 3.50. The van der Waals surface area contributed by atoms with E-state index in [9.17, 15) is 23.1 Å². The quantitative estimate of drug-likeness (QED) is 0.749. The Morgan fingerprint density at radius 2 is 2.04 bits per heavy atom. The molecule has 1 aliphatic heterocycles. The van der Waals surface area contributed by atoms with Crippen LogP contribution in [-0.4, -0.2) is 57.1 Å². The normalized spacial score (nSPS) is 23.4. The summed E-state index contributed by atoms with van der Waals surface area (Å²) >= 11 is 6.03. The minimum Gasteiger partial charge on any atom is -0.480 e. The van der Waals surface area contributed by atoms with Crippen molar-refractivity contribution in [1.82, 2.24) is 14.5 Å². The molecule has 1 saturated heterocycles. The lowest BCUT2D eigenvalue weighted by Crippen LogP contribution is -2.45. The van der Waals surface area contributed by atoms with Crippen molar-refractivity contribution in [2.75, 3.05) is 18.1 Å². The van der Waals surface area contributed by atoms with Gasteiger partial charge >= 0.3 is 12.1 Å². The first kappa shape index (κ1) is 19.3. The van der Waals surface area contributed by atoms with Crippen LogP contribution in [-0.2, 0) is 9.53 Å². The van der Waals surface area contributed by atoms with Gasteiger partial charge in [-0.3, -0.25) is 4.57 Å². The van der Waals surface area contributed by atoms with Crippen molar-refractivity contribution in [2.45, 2.75) is 50.0 Å². The Labute approximate surface area is 163 Å². The van der Waals surface area contributed by atoms with Gasteiger partial charge in [-0.15, -0.1) is 0 Å². The number of aliphatic carboxylic acids is 1. The fourth-order valence-corrected chi connectivity index (χ4v) is 3.92. The number of hydrogen-bond donors (Lipinski definition) is 1. The van der Waals surface area contributed by atoms with Gasteiger partial charge < -0.3 is 14.7 Å². The van der Waals surface area contributed by atoms with E-state index in [1.54, 1.807) is 12.1 Å². The molecule has 0 spiro atoms. The molecule has 2 aromatic heterocycles. The van der Waals surface area contributed by atoms with Gasteiger partial charge in [0.25, 0.3) is 0 Å². The number of nitrogens with zero attached hydrogens (tertiary/aromatic N) is 4. The van der Waals surface area contributed by atoms with E-state index in [-0.39, 0.29) is 19.0 Å². The molecule has 0 amide bonds. The third-order valence-corrected chi connectivity index (χ3v) is 5.45. The zero-order chi connectivity index (χ0) is 20.1. The maximum absolute atomic E-state index is 12.5. The number of pyridine rings is 1. The summed E-state index contributed by atoms with van der Waals surface area (Å²) in [5.74, 6) is -0.858. The van der Waals surface area contributed by atoms with Crippen LogP contribution < -0.4 is 4.90 Å². The number of alkyl halides is 3. The number of halogens is 4. The molecule has 3 heterocycles. The van der Waals surface area contributed by atoms with Gasteiger partial charge in [0.15, 0.2) is 11.7 Å². The summed E-state index contributed by atoms with van der Waals surface area (Å²) in [7, 11) is 0. The summed E-state index contributed by atoms with van der Waals surface area (Å²) in [6, 6.07) is 2.15. The van der Waals surface area contributed by atoms with Gasteiger partial charge in [0, 0.05) is 12.6 Å². The molecule has 152 valence electrons. The molecule has 11 heteroatoms. The predicted octanol–water partition coefficient (Wildman–Crippen LogP) is 3.42. The molecule has 28 heavy (non-hydrogen) atoms. The van der Waals surface area contributed by atoms with Gasteiger partial charge in [0.05, 0.1) is 6.10 Å². The molecule has 1 N–H and O–H groups in total. The van der Waals surface area contributed by atoms with Gasteiger partial charge in [-0.2, -0.15) is 13.2 Å². The standard InChI is InChI=1S/C17H18ClF3N4O3/c18-12-5-4-10-14(23-12)25(9-2-1-3-9)16(22-10)24-7-6-11(13(24)15(26)27)28-8-17(19,20)21/h4-5,9,11,13H,1-3,6-8H2,(H,26,27)/t11?,13-/m0/s1. The SMILES string of the molecule is O=C(O)[C@@H]1C(OCC(F)(F)F)CCN1c1nc2ccc(Cl)nc2n1C1CCC1. The number of anilines is 1. The van der Waals surface area contributed by atoms with Crippen LogP contribution in [0.15, 0.2) is 12.1 Å². The van der Waals surface area contributed by atoms with E-state index in [0.717, 1.165) is 19.3 Å². The minimum absolute atomic E-state index is 0.107. The van der Waals surface area contributed by atoms with Crippen LogP contribution in [0, 0.1) is 0 Å². The Morgan fingerprint density at radius 3 is 2.64 bits per heavy atom. The zero-order valence-corrected chi connectivity index (χ0v) is 15.4. The van der Waals surface area contributed by atoms with Gasteiger partial charge in [-0.1, -0.05) is 11.6 Å². The van der Waals surface area contributed by atoms with E-state index in [1.807, 2.05) is 4.57 Å². The van der Waals surface area contributed by atoms with Gasteiger partial charge in [-0.05, 0) is 37.8 Å². The molecular formula is C17H18ClF3N4O3. The Bertz CT molecular complexity index is 900. The predicted molar refractivity (Wildman–Crippen MR) is 94.6 cm³/mol. The maximum Gasteiger partial charge on any atom is 0.411 e. The Hall–Kier alpha value is -2.07. The van der Waals surface area contributed by atoms with Crippen LogP contribution in [0.5, 0.6) is 0 Å². The molecule has 0 bridgehead atoms. The number of aromatic nitrogens is 3. The molecular weight excluding hydrogens is 401 g/mol. The number of carboxylic acid groups (broad SMARTS) is 1. The Morgan fingerprint density at radius 1 is 1.29 bits per heavy atom. The maximum atomic E-state index is 12.5. The second kappa shape index (κ2) is 7.07. The lowest BCUT2D eigenvalue weighted by Gasteiger charge is -2.32. The van der Waals surface area contributed by atoms with E-state index in [4.69, 9.17) is 16.3 Å². The average molecular weight is 419 g/mol. The van der Waals surface area contributed by atoms with Crippen LogP contribution in [0.25, 0.3) is 11.2 Å². The fourth-order valence-electron chi connectivity index (χ4n) is 3.78. The molecule has 1 saturated carbocycles. The van der Waals surface area contributed by atoms with Crippen LogP contribution in [0.1, 0.15) is 31.7 Å². The second-order valence-corrected chi connectivity index (χ2v) is 7.46. The van der Waals surface area contributed by atoms with E-state index >= 15 is 0 Å². The van der Waals surface area contributed by atoms with Crippen molar-refractivity contribution in [3.63, 3.8) is 0 Å². The molecule has 7 nitrogen and oxygen atoms in total. The molecule has 0 radical (unpaired) electrons. The van der Waals surface area contributed by atoms with Crippen molar-refractivity contribution in [2.24, 2.45) is 0 Å². The fraction of sp³-hybridized carbons (Fsp3) is 0.588. The number of imidazole rings is 1. The molecule has 4 rings (SSSR count). The first-order valence-electron chi connectivity index (χ1n) is 8.97. The number of rotatable bonds is 5. The summed E-state index contributed by atoms with van der Waals surface area (Å²) in [4.78, 5) is 22.3. The number of ether oxygens (including phenoxy) is 1. The molecule has 1 unspecified atom stereocenters. The highest BCUT2D eigenvalue weighted by Crippen LogP contribution is 2.40. The first-order chi connectivity index (χ1) is 13.2. The number of hydrogen-bond acceptors (Lipinski definition) is 5. The highest BCUT2D eigenvalue weighted by molar-refractivity contribution is 6.29. The zero-order valence-electron chi connectivity index (χ0n) is 14.7. The topological polar surface area (TPSA) is 80.5 Å². The Kier molecular flexibility index (Phi) is 4.86. The van der Waals surface area contributed by atoms with E-state index in [1.165, 1.54) is 4.90 Å². The van der Waals surface area contributed by atoms with E-state index in [0.29, 0.717) is 22.3 Å². The second-order valence-electron chi connectivity index (χ2n) is 7.07. The van der Waals surface area contributed by atoms with E-state index in [2.05, 4.69) is 9.97 Å². The van der Waals surface area contributed by atoms with Crippen molar-refractivity contribution in [1.29, 1.82) is 0 Å². The van der Waals surface area contributed by atoms with Crippen molar-refractivity contribution >= 4 is 34.7 Å². The highest BCUT2D eigenvalue weighted by atomic mass is 35.5. The van der Waals surface area contributed by atoms with Crippen LogP contribution >= 0.6 is 11.6 Å². The lowest BCUT2D eigenvalue weighted by atomic mass is 9.93. The minimum atomic E-state index is -4.52. The van der Waals surface area contributed by atoms with Crippen LogP contribution in [0.4, 0.5) is 19.1 Å². The summed E-state index contributed by atoms with van der Waals surface area (Å²) in [6.07, 6.45) is -2.61. The molecule has 2 fully saturated rings. The number of carbonyl (C=O) groups is 1. The highest BCUT2D eigenvalue weighted by Gasteiger charge is 2.45. The van der Waals surface area contributed by atoms with Gasteiger partial charge in [0.1, 0.15) is 17.3 Å². The Balaban J connectivity index is 1.71. The summed E-state index contributed by atoms with van der Waals surface area (Å²) in [6.45, 7) is -1.26. The average Bonchev–Trinajstić information content (AvgIpc) is 3.12. The lowest BCUT2D eigenvalue weighted by molar-refractivity contribution is -0.187. The monoisotopic (exact) mass is 418 g/mol. The van der Waals surface area contributed by atoms with Crippen LogP contribution in [0.3, 0.4) is 0 Å². The summed E-state index contributed by atoms with van der Waals surface area (Å²) in [5, 5.41) is 9.98. The van der Waals surface area contributed by atoms with Crippen molar-refractivity contribution < 1.29 is 27.8 Å². The third-order valence-electron chi connectivity index (χ3n) is 5.24. The van der Waals surface area contributed by atoms with E-state index < -0.39 is 30.9 Å². The van der Waals surface area contributed by atoms with Gasteiger partial charge in [0.2, 0.25) is 5.95 Å². The van der Waals surface area contributed by atoms with Crippen molar-refractivity contribution in [3.05, 3.63) is 17.3 Å². The number of carboxylic acids is 1. The van der Waals surface area contributed by atoms with Crippen LogP contribution in [0.2, 0.25) is 5.15 Å². The molecule has 2 aromatic rings.